The Morgan fingerprint density at radius 3 is 2.41 bits per heavy atom. The van der Waals surface area contributed by atoms with Crippen molar-refractivity contribution < 1.29 is 40.7 Å². The van der Waals surface area contributed by atoms with Crippen molar-refractivity contribution in [3.63, 3.8) is 0 Å². The van der Waals surface area contributed by atoms with Crippen molar-refractivity contribution in [1.82, 2.24) is 4.57 Å². The molecule has 4 aromatic rings. The lowest BCUT2D eigenvalue weighted by Gasteiger charge is -2.19. The molecular weight excluding hydrogens is 492 g/mol. The van der Waals surface area contributed by atoms with Gasteiger partial charge in [-0.2, -0.15) is 0 Å². The van der Waals surface area contributed by atoms with E-state index in [0.29, 0.717) is 43.6 Å². The van der Waals surface area contributed by atoms with Crippen LogP contribution in [0.4, 0.5) is 0 Å². The number of ether oxygens (including phenoxy) is 5. The van der Waals surface area contributed by atoms with Gasteiger partial charge in [0.25, 0.3) is 0 Å². The molecular formula is C29H31ClN2O5. The van der Waals surface area contributed by atoms with E-state index < -0.39 is 0 Å². The first-order chi connectivity index (χ1) is 17.6. The Labute approximate surface area is 223 Å². The SMILES string of the molecule is CCOc1ccc2c(c1)C(Cn1c[n+](Cc3cc(OC)c(OC)c(OC)c3)c3ccccc31)=CCO2.[Cl-]. The summed E-state index contributed by atoms with van der Waals surface area (Å²) < 4.78 is 32.8. The van der Waals surface area contributed by atoms with Gasteiger partial charge in [-0.3, -0.25) is 0 Å². The Morgan fingerprint density at radius 2 is 1.70 bits per heavy atom. The predicted octanol–water partition coefficient (Wildman–Crippen LogP) is 1.88. The van der Waals surface area contributed by atoms with E-state index >= 15 is 0 Å². The van der Waals surface area contributed by atoms with E-state index in [1.807, 2.05) is 31.2 Å². The molecule has 3 aromatic carbocycles. The molecule has 1 aliphatic heterocycles. The number of allylic oxidation sites excluding steroid dienone is 1. The van der Waals surface area contributed by atoms with Crippen molar-refractivity contribution in [3.05, 3.63) is 78.1 Å². The van der Waals surface area contributed by atoms with Gasteiger partial charge in [0.05, 0.1) is 27.9 Å². The van der Waals surface area contributed by atoms with Crippen LogP contribution in [0.5, 0.6) is 28.7 Å². The van der Waals surface area contributed by atoms with Crippen molar-refractivity contribution in [3.8, 4) is 28.7 Å². The molecule has 0 aliphatic carbocycles. The van der Waals surface area contributed by atoms with Gasteiger partial charge in [0.2, 0.25) is 12.1 Å². The maximum Gasteiger partial charge on any atom is 0.245 e. The van der Waals surface area contributed by atoms with E-state index in [4.69, 9.17) is 23.7 Å². The molecule has 0 saturated carbocycles. The summed E-state index contributed by atoms with van der Waals surface area (Å²) in [6.45, 7) is 4.54. The van der Waals surface area contributed by atoms with Crippen molar-refractivity contribution >= 4 is 16.6 Å². The van der Waals surface area contributed by atoms with E-state index in [-0.39, 0.29) is 12.4 Å². The third-order valence-electron chi connectivity index (χ3n) is 6.37. The highest BCUT2D eigenvalue weighted by Crippen LogP contribution is 2.38. The highest BCUT2D eigenvalue weighted by Gasteiger charge is 2.22. The topological polar surface area (TPSA) is 55.0 Å². The lowest BCUT2D eigenvalue weighted by molar-refractivity contribution is -0.663. The van der Waals surface area contributed by atoms with Gasteiger partial charge in [0, 0.05) is 16.7 Å². The lowest BCUT2D eigenvalue weighted by atomic mass is 10.0. The minimum atomic E-state index is 0. The molecule has 0 fully saturated rings. The molecule has 0 bridgehead atoms. The molecule has 0 unspecified atom stereocenters. The zero-order valence-corrected chi connectivity index (χ0v) is 22.2. The molecule has 0 saturated heterocycles. The fraction of sp³-hybridized carbons (Fsp3) is 0.276. The second-order valence-corrected chi connectivity index (χ2v) is 8.52. The largest absolute Gasteiger partial charge is 1.00 e. The summed E-state index contributed by atoms with van der Waals surface area (Å²) in [5.41, 5.74) is 5.62. The van der Waals surface area contributed by atoms with Gasteiger partial charge in [0.1, 0.15) is 31.2 Å². The minimum Gasteiger partial charge on any atom is -1.00 e. The molecule has 8 heteroatoms. The van der Waals surface area contributed by atoms with E-state index in [2.05, 4.69) is 51.9 Å². The van der Waals surface area contributed by atoms with Gasteiger partial charge in [-0.15, -0.1) is 0 Å². The molecule has 0 N–H and O–H groups in total. The first kappa shape index (κ1) is 26.2. The highest BCUT2D eigenvalue weighted by atomic mass is 35.5. The number of imidazole rings is 1. The monoisotopic (exact) mass is 522 g/mol. The fourth-order valence-corrected chi connectivity index (χ4v) is 4.74. The number of para-hydroxylation sites is 2. The molecule has 37 heavy (non-hydrogen) atoms. The second-order valence-electron chi connectivity index (χ2n) is 8.52. The van der Waals surface area contributed by atoms with Gasteiger partial charge >= 0.3 is 0 Å². The highest BCUT2D eigenvalue weighted by molar-refractivity contribution is 5.76. The van der Waals surface area contributed by atoms with Crippen LogP contribution < -0.4 is 40.7 Å². The zero-order valence-electron chi connectivity index (χ0n) is 21.5. The van der Waals surface area contributed by atoms with Gasteiger partial charge in [0.15, 0.2) is 22.5 Å². The Morgan fingerprint density at radius 1 is 0.946 bits per heavy atom. The van der Waals surface area contributed by atoms with E-state index in [1.54, 1.807) is 21.3 Å². The van der Waals surface area contributed by atoms with Crippen LogP contribution in [0.2, 0.25) is 0 Å². The molecule has 194 valence electrons. The molecule has 0 spiro atoms. The molecule has 1 aromatic heterocycles. The van der Waals surface area contributed by atoms with Crippen molar-refractivity contribution in [2.24, 2.45) is 0 Å². The Hall–Kier alpha value is -3.84. The molecule has 5 rings (SSSR count). The Balaban J connectivity index is 0.00000320. The first-order valence-electron chi connectivity index (χ1n) is 12.0. The summed E-state index contributed by atoms with van der Waals surface area (Å²) >= 11 is 0. The van der Waals surface area contributed by atoms with Crippen LogP contribution in [0.25, 0.3) is 16.6 Å². The molecule has 2 heterocycles. The van der Waals surface area contributed by atoms with Crippen molar-refractivity contribution in [1.29, 1.82) is 0 Å². The number of benzene rings is 3. The average Bonchev–Trinajstić information content (AvgIpc) is 3.25. The summed E-state index contributed by atoms with van der Waals surface area (Å²) in [6.07, 6.45) is 4.31. The zero-order chi connectivity index (χ0) is 25.1. The number of methoxy groups -OCH3 is 3. The molecule has 1 aliphatic rings. The maximum absolute atomic E-state index is 5.88. The predicted molar refractivity (Wildman–Crippen MR) is 138 cm³/mol. The number of fused-ring (bicyclic) bond motifs is 2. The summed E-state index contributed by atoms with van der Waals surface area (Å²) in [4.78, 5) is 0. The summed E-state index contributed by atoms with van der Waals surface area (Å²) in [6, 6.07) is 18.4. The lowest BCUT2D eigenvalue weighted by Crippen LogP contribution is -3.00. The van der Waals surface area contributed by atoms with Gasteiger partial charge in [-0.05, 0) is 55.5 Å². The number of hydrogen-bond donors (Lipinski definition) is 0. The number of halogens is 1. The smallest absolute Gasteiger partial charge is 0.245 e. The van der Waals surface area contributed by atoms with Crippen LogP contribution in [0.1, 0.15) is 18.1 Å². The summed E-state index contributed by atoms with van der Waals surface area (Å²) in [7, 11) is 4.88. The summed E-state index contributed by atoms with van der Waals surface area (Å²) in [5, 5.41) is 0. The number of rotatable bonds is 9. The normalized spacial score (nSPS) is 12.2. The molecule has 0 atom stereocenters. The molecule has 7 nitrogen and oxygen atoms in total. The van der Waals surface area contributed by atoms with Gasteiger partial charge in [-0.1, -0.05) is 12.1 Å². The van der Waals surface area contributed by atoms with Gasteiger partial charge in [-0.25, -0.2) is 9.13 Å². The van der Waals surface area contributed by atoms with E-state index in [0.717, 1.165) is 33.7 Å². The minimum absolute atomic E-state index is 0. The van der Waals surface area contributed by atoms with Crippen LogP contribution in [-0.2, 0) is 13.1 Å². The van der Waals surface area contributed by atoms with E-state index in [9.17, 15) is 0 Å². The Kier molecular flexibility index (Phi) is 8.14. The Bertz CT molecular complexity index is 1400. The van der Waals surface area contributed by atoms with Crippen LogP contribution in [-0.4, -0.2) is 39.1 Å². The second kappa shape index (κ2) is 11.5. The van der Waals surface area contributed by atoms with Crippen molar-refractivity contribution in [2.75, 3.05) is 34.5 Å². The molecule has 0 amide bonds. The third-order valence-corrected chi connectivity index (χ3v) is 6.37. The number of hydrogen-bond acceptors (Lipinski definition) is 5. The first-order valence-corrected chi connectivity index (χ1v) is 12.0. The van der Waals surface area contributed by atoms with Crippen LogP contribution in [0.3, 0.4) is 0 Å². The fourth-order valence-electron chi connectivity index (χ4n) is 4.74. The van der Waals surface area contributed by atoms with Crippen molar-refractivity contribution in [2.45, 2.75) is 20.0 Å². The quantitative estimate of drug-likeness (QED) is 0.314. The van der Waals surface area contributed by atoms with Crippen LogP contribution in [0.15, 0.2) is 67.0 Å². The maximum atomic E-state index is 5.88. The summed E-state index contributed by atoms with van der Waals surface area (Å²) in [5.74, 6) is 3.61. The molecule has 0 radical (unpaired) electrons. The number of aromatic nitrogens is 2. The standard InChI is InChI=1S/C29H31N2O5.ClH/c1-5-35-22-10-11-26-23(16-22)21(12-13-36-26)18-31-19-30(24-8-6-7-9-25(24)31)17-20-14-27(32-2)29(34-4)28(15-20)33-3;/h6-12,14-16,19H,5,13,17-18H2,1-4H3;1H/q+1;/p-1. The van der Waals surface area contributed by atoms with Crippen LogP contribution in [0, 0.1) is 0 Å². The van der Waals surface area contributed by atoms with E-state index in [1.165, 1.54) is 5.57 Å². The van der Waals surface area contributed by atoms with Crippen LogP contribution >= 0.6 is 0 Å². The number of nitrogens with zero attached hydrogens (tertiary/aromatic N) is 2. The third kappa shape index (κ3) is 5.18. The average molecular weight is 523 g/mol. The van der Waals surface area contributed by atoms with Gasteiger partial charge < -0.3 is 36.1 Å².